The molecule has 2 aromatic carbocycles. The van der Waals surface area contributed by atoms with Gasteiger partial charge in [-0.1, -0.05) is 24.3 Å². The van der Waals surface area contributed by atoms with E-state index in [0.717, 1.165) is 50.0 Å². The molecule has 4 heterocycles. The van der Waals surface area contributed by atoms with Gasteiger partial charge in [-0.25, -0.2) is 23.1 Å². The van der Waals surface area contributed by atoms with E-state index in [1.54, 1.807) is 16.9 Å². The van der Waals surface area contributed by atoms with E-state index in [1.807, 2.05) is 24.3 Å². The van der Waals surface area contributed by atoms with Gasteiger partial charge in [0.15, 0.2) is 11.2 Å². The van der Waals surface area contributed by atoms with Crippen molar-refractivity contribution in [3.63, 3.8) is 0 Å². The topological polar surface area (TPSA) is 122 Å². The molecular weight excluding hydrogens is 627 g/mol. The summed E-state index contributed by atoms with van der Waals surface area (Å²) >= 11 is 1.22. The second-order valence-corrected chi connectivity index (χ2v) is 13.1. The molecule has 1 fully saturated rings. The van der Waals surface area contributed by atoms with Gasteiger partial charge in [0.1, 0.15) is 6.17 Å². The Kier molecular flexibility index (Phi) is 10.0. The molecule has 2 aliphatic rings. The van der Waals surface area contributed by atoms with Crippen LogP contribution in [0.1, 0.15) is 59.0 Å². The number of aliphatic hydroxyl groups excluding tert-OH is 1. The molecular formula is C34H38F3N7O2S. The number of hydrogen-bond donors (Lipinski definition) is 3. The van der Waals surface area contributed by atoms with Gasteiger partial charge in [-0.2, -0.15) is 0 Å². The molecule has 47 heavy (non-hydrogen) atoms. The van der Waals surface area contributed by atoms with Crippen LogP contribution in [0.3, 0.4) is 0 Å². The van der Waals surface area contributed by atoms with Crippen molar-refractivity contribution in [1.82, 2.24) is 19.4 Å². The van der Waals surface area contributed by atoms with Gasteiger partial charge in [0.2, 0.25) is 0 Å². The van der Waals surface area contributed by atoms with E-state index in [2.05, 4.69) is 25.2 Å². The highest BCUT2D eigenvalue weighted by Gasteiger charge is 2.32. The van der Waals surface area contributed by atoms with Gasteiger partial charge >= 0.3 is 0 Å². The maximum Gasteiger partial charge on any atom is 0.264 e. The molecule has 2 aliphatic heterocycles. The first kappa shape index (κ1) is 32.9. The van der Waals surface area contributed by atoms with E-state index in [0.29, 0.717) is 27.9 Å². The van der Waals surface area contributed by atoms with Gasteiger partial charge in [0, 0.05) is 59.9 Å². The van der Waals surface area contributed by atoms with Crippen molar-refractivity contribution in [3.05, 3.63) is 81.9 Å². The van der Waals surface area contributed by atoms with Crippen molar-refractivity contribution in [2.45, 2.75) is 57.8 Å². The normalized spacial score (nSPS) is 17.9. The molecule has 0 aliphatic carbocycles. The molecule has 2 aromatic heterocycles. The summed E-state index contributed by atoms with van der Waals surface area (Å²) in [5, 5.41) is 14.1. The number of thiazole rings is 1. The first-order chi connectivity index (χ1) is 22.7. The largest absolute Gasteiger partial charge is 0.398 e. The third kappa shape index (κ3) is 7.26. The summed E-state index contributed by atoms with van der Waals surface area (Å²) in [6, 6.07) is 8.08. The molecule has 248 valence electrons. The first-order valence-corrected chi connectivity index (χ1v) is 16.6. The first-order valence-electron chi connectivity index (χ1n) is 15.8. The number of amides is 1. The molecule has 13 heteroatoms. The zero-order chi connectivity index (χ0) is 33.1. The van der Waals surface area contributed by atoms with E-state index in [-0.39, 0.29) is 42.1 Å². The van der Waals surface area contributed by atoms with Crippen molar-refractivity contribution in [3.8, 4) is 11.1 Å². The Hall–Kier alpha value is -4.07. The lowest BCUT2D eigenvalue weighted by atomic mass is 9.92. The predicted molar refractivity (Wildman–Crippen MR) is 178 cm³/mol. The molecule has 1 amide bonds. The molecule has 4 N–H and O–H groups in total. The van der Waals surface area contributed by atoms with Crippen molar-refractivity contribution < 1.29 is 23.1 Å². The van der Waals surface area contributed by atoms with E-state index in [4.69, 9.17) is 5.73 Å². The highest BCUT2D eigenvalue weighted by Crippen LogP contribution is 2.37. The Labute approximate surface area is 275 Å². The number of nitrogens with two attached hydrogens (primary N) is 1. The van der Waals surface area contributed by atoms with Crippen LogP contribution in [0.15, 0.2) is 53.2 Å². The highest BCUT2D eigenvalue weighted by atomic mass is 32.1. The number of nitrogens with zero attached hydrogens (tertiary/aromatic N) is 5. The van der Waals surface area contributed by atoms with E-state index >= 15 is 0 Å². The molecule has 0 spiro atoms. The number of aliphatic imine (C=N–C) groups is 1. The summed E-state index contributed by atoms with van der Waals surface area (Å²) in [6.07, 6.45) is 3.20. The monoisotopic (exact) mass is 665 g/mol. The lowest BCUT2D eigenvalue weighted by Crippen LogP contribution is -2.36. The third-order valence-electron chi connectivity index (χ3n) is 9.20. The van der Waals surface area contributed by atoms with Crippen LogP contribution < -0.4 is 11.1 Å². The molecule has 1 unspecified atom stereocenters. The Balaban J connectivity index is 1.25. The van der Waals surface area contributed by atoms with Gasteiger partial charge in [-0.3, -0.25) is 15.1 Å². The second-order valence-electron chi connectivity index (χ2n) is 12.2. The molecule has 9 nitrogen and oxygen atoms in total. The van der Waals surface area contributed by atoms with Gasteiger partial charge in [0.25, 0.3) is 12.3 Å². The van der Waals surface area contributed by atoms with Gasteiger partial charge in [-0.15, -0.1) is 11.3 Å². The number of halogens is 3. The van der Waals surface area contributed by atoms with Crippen molar-refractivity contribution >= 4 is 34.3 Å². The molecule has 2 atom stereocenters. The molecule has 0 bridgehead atoms. The lowest BCUT2D eigenvalue weighted by Gasteiger charge is -2.31. The van der Waals surface area contributed by atoms with Crippen LogP contribution in [0.4, 0.5) is 24.0 Å². The number of anilines is 2. The number of alkyl halides is 3. The molecule has 0 saturated carbocycles. The van der Waals surface area contributed by atoms with Crippen molar-refractivity contribution in [2.75, 3.05) is 37.3 Å². The summed E-state index contributed by atoms with van der Waals surface area (Å²) in [5.41, 5.74) is 10.3. The number of imidazole rings is 1. The maximum atomic E-state index is 14.6. The Morgan fingerprint density at radius 2 is 2.00 bits per heavy atom. The number of nitrogen functional groups attached to an aromatic ring is 1. The standard InChI is InChI=1S/C34H38F3N7O2S/c1-20-25(23-4-2-21(3-5-23)6-10-43-11-7-22(18-45)8-12-43)15-26(32(36)37)27(29(20)38)16-40-31(33(46)42-34-39-9-13-47-34)30-28-14-24(35)17-44(28)19-41-30/h2-5,9,13,15-16,19,22,24,31-32,45H,6-8,10-12,14,17-18,38H2,1H3,(H,39,42,46)/t24-,31?/m1/s1. The van der Waals surface area contributed by atoms with Gasteiger partial charge < -0.3 is 20.3 Å². The number of carbonyl (C=O) groups excluding carboxylic acids is 1. The van der Waals surface area contributed by atoms with Crippen LogP contribution in [0.5, 0.6) is 0 Å². The van der Waals surface area contributed by atoms with Gasteiger partial charge in [0.05, 0.1) is 18.6 Å². The predicted octanol–water partition coefficient (Wildman–Crippen LogP) is 5.77. The Morgan fingerprint density at radius 3 is 2.68 bits per heavy atom. The van der Waals surface area contributed by atoms with Crippen LogP contribution in [0.25, 0.3) is 11.1 Å². The van der Waals surface area contributed by atoms with E-state index < -0.39 is 24.5 Å². The number of carbonyl (C=O) groups is 1. The molecule has 0 radical (unpaired) electrons. The summed E-state index contributed by atoms with van der Waals surface area (Å²) in [7, 11) is 0. The minimum Gasteiger partial charge on any atom is -0.398 e. The van der Waals surface area contributed by atoms with E-state index in [1.165, 1.54) is 36.1 Å². The Bertz CT molecular complexity index is 1720. The summed E-state index contributed by atoms with van der Waals surface area (Å²) < 4.78 is 45.0. The average Bonchev–Trinajstić information content (AvgIpc) is 3.81. The number of aliphatic hydroxyl groups is 1. The Morgan fingerprint density at radius 1 is 1.23 bits per heavy atom. The average molecular weight is 666 g/mol. The van der Waals surface area contributed by atoms with Crippen molar-refractivity contribution in [1.29, 1.82) is 0 Å². The molecule has 6 rings (SSSR count). The zero-order valence-corrected chi connectivity index (χ0v) is 26.9. The quantitative estimate of drug-likeness (QED) is 0.138. The van der Waals surface area contributed by atoms with Crippen LogP contribution in [0, 0.1) is 12.8 Å². The summed E-state index contributed by atoms with van der Waals surface area (Å²) in [5.74, 6) is -0.171. The fraction of sp³-hybridized carbons (Fsp3) is 0.412. The zero-order valence-electron chi connectivity index (χ0n) is 26.1. The minimum absolute atomic E-state index is 0.0223. The molecule has 4 aromatic rings. The number of rotatable bonds is 11. The number of aromatic nitrogens is 3. The van der Waals surface area contributed by atoms with Crippen LogP contribution in [0.2, 0.25) is 0 Å². The minimum atomic E-state index is -2.86. The number of nitrogens with one attached hydrogen (secondary N) is 1. The van der Waals surface area contributed by atoms with Gasteiger partial charge in [-0.05, 0) is 73.5 Å². The third-order valence-corrected chi connectivity index (χ3v) is 9.89. The lowest BCUT2D eigenvalue weighted by molar-refractivity contribution is -0.117. The number of likely N-dealkylation sites (tertiary alicyclic amines) is 1. The number of hydrogen-bond acceptors (Lipinski definition) is 8. The number of fused-ring (bicyclic) bond motifs is 1. The number of benzene rings is 2. The second kappa shape index (κ2) is 14.4. The fourth-order valence-corrected chi connectivity index (χ4v) is 6.92. The molecule has 1 saturated heterocycles. The summed E-state index contributed by atoms with van der Waals surface area (Å²) in [6.45, 7) is 5.03. The highest BCUT2D eigenvalue weighted by molar-refractivity contribution is 7.13. The number of piperidine rings is 1. The van der Waals surface area contributed by atoms with E-state index in [9.17, 15) is 23.1 Å². The SMILES string of the molecule is Cc1c(-c2ccc(CCN3CCC(CO)CC3)cc2)cc(C(F)F)c(C=NC(C(=O)Nc2nccs2)c2ncn3c2C[C@@H](F)C3)c1N. The smallest absolute Gasteiger partial charge is 0.264 e. The van der Waals surface area contributed by atoms with Crippen LogP contribution in [-0.2, 0) is 24.2 Å². The fourth-order valence-electron chi connectivity index (χ4n) is 6.39. The maximum absolute atomic E-state index is 14.6. The van der Waals surface area contributed by atoms with Crippen LogP contribution in [-0.4, -0.2) is 69.1 Å². The van der Waals surface area contributed by atoms with Crippen molar-refractivity contribution in [2.24, 2.45) is 10.9 Å². The van der Waals surface area contributed by atoms with Crippen LogP contribution >= 0.6 is 11.3 Å². The summed E-state index contributed by atoms with van der Waals surface area (Å²) in [4.78, 5) is 28.7.